The summed E-state index contributed by atoms with van der Waals surface area (Å²) in [6.45, 7) is 0.899. The molecule has 0 bridgehead atoms. The smallest absolute Gasteiger partial charge is 0.258 e. The number of anilines is 1. The van der Waals surface area contributed by atoms with Crippen molar-refractivity contribution in [1.82, 2.24) is 15.0 Å². The number of ether oxygens (including phenoxy) is 2. The van der Waals surface area contributed by atoms with Crippen LogP contribution in [0.4, 0.5) is 5.82 Å². The molecule has 0 saturated carbocycles. The maximum atomic E-state index is 5.88. The average molecular weight is 322 g/mol. The Hall–Kier alpha value is -2.99. The maximum Gasteiger partial charge on any atom is 0.258 e. The second-order valence-corrected chi connectivity index (χ2v) is 5.22. The Morgan fingerprint density at radius 1 is 1.04 bits per heavy atom. The fourth-order valence-electron chi connectivity index (χ4n) is 2.24. The third-order valence-corrected chi connectivity index (χ3v) is 3.43. The number of hydrogen-bond acceptors (Lipinski definition) is 6. The summed E-state index contributed by atoms with van der Waals surface area (Å²) in [5.74, 6) is 0.585. The monoisotopic (exact) mass is 322 g/mol. The van der Waals surface area contributed by atoms with E-state index in [0.717, 1.165) is 16.7 Å². The van der Waals surface area contributed by atoms with Crippen LogP contribution in [0.1, 0.15) is 11.1 Å². The van der Waals surface area contributed by atoms with Crippen LogP contribution in [-0.4, -0.2) is 22.1 Å². The fraction of sp³-hybridized carbons (Fsp3) is 0.167. The SMILES string of the molecule is COCc1cccc(-c2cnc(N)c(OCc3ccncc3)n2)c1. The van der Waals surface area contributed by atoms with Gasteiger partial charge in [-0.05, 0) is 29.3 Å². The van der Waals surface area contributed by atoms with E-state index < -0.39 is 0 Å². The molecule has 1 aromatic carbocycles. The topological polar surface area (TPSA) is 83.2 Å². The van der Waals surface area contributed by atoms with Crippen molar-refractivity contribution in [2.45, 2.75) is 13.2 Å². The largest absolute Gasteiger partial charge is 0.470 e. The van der Waals surface area contributed by atoms with E-state index in [2.05, 4.69) is 15.0 Å². The van der Waals surface area contributed by atoms with Gasteiger partial charge in [0.25, 0.3) is 5.88 Å². The molecule has 6 heteroatoms. The lowest BCUT2D eigenvalue weighted by atomic mass is 10.1. The molecule has 24 heavy (non-hydrogen) atoms. The lowest BCUT2D eigenvalue weighted by Crippen LogP contribution is -2.03. The van der Waals surface area contributed by atoms with Gasteiger partial charge in [-0.2, -0.15) is 0 Å². The first-order chi connectivity index (χ1) is 11.8. The van der Waals surface area contributed by atoms with Crippen molar-refractivity contribution in [3.8, 4) is 17.1 Å². The molecule has 0 amide bonds. The maximum absolute atomic E-state index is 5.88. The van der Waals surface area contributed by atoms with E-state index >= 15 is 0 Å². The fourth-order valence-corrected chi connectivity index (χ4v) is 2.24. The van der Waals surface area contributed by atoms with Gasteiger partial charge < -0.3 is 15.2 Å². The molecule has 0 fully saturated rings. The Morgan fingerprint density at radius 3 is 2.67 bits per heavy atom. The lowest BCUT2D eigenvalue weighted by molar-refractivity contribution is 0.185. The number of nitrogens with two attached hydrogens (primary N) is 1. The minimum Gasteiger partial charge on any atom is -0.470 e. The number of aromatic nitrogens is 3. The van der Waals surface area contributed by atoms with Crippen molar-refractivity contribution >= 4 is 5.82 Å². The van der Waals surface area contributed by atoms with Gasteiger partial charge in [0.2, 0.25) is 0 Å². The van der Waals surface area contributed by atoms with Crippen LogP contribution in [0.25, 0.3) is 11.3 Å². The van der Waals surface area contributed by atoms with Gasteiger partial charge in [-0.1, -0.05) is 18.2 Å². The molecule has 0 aliphatic heterocycles. The second-order valence-electron chi connectivity index (χ2n) is 5.22. The first-order valence-electron chi connectivity index (χ1n) is 7.48. The normalized spacial score (nSPS) is 10.5. The number of nitrogen functional groups attached to an aromatic ring is 1. The van der Waals surface area contributed by atoms with Gasteiger partial charge in [0.1, 0.15) is 6.61 Å². The molecule has 0 aliphatic rings. The van der Waals surface area contributed by atoms with E-state index in [-0.39, 0.29) is 5.82 Å². The molecule has 0 unspecified atom stereocenters. The summed E-state index contributed by atoms with van der Waals surface area (Å²) in [6, 6.07) is 11.7. The van der Waals surface area contributed by atoms with Gasteiger partial charge in [-0.25, -0.2) is 9.97 Å². The minimum absolute atomic E-state index is 0.265. The molecule has 2 N–H and O–H groups in total. The molecule has 0 aliphatic carbocycles. The molecule has 0 atom stereocenters. The number of pyridine rings is 1. The summed E-state index contributed by atoms with van der Waals surface area (Å²) in [4.78, 5) is 12.7. The zero-order valence-electron chi connectivity index (χ0n) is 13.3. The molecule has 122 valence electrons. The van der Waals surface area contributed by atoms with Crippen LogP contribution >= 0.6 is 0 Å². The predicted octanol–water partition coefficient (Wildman–Crippen LogP) is 2.85. The highest BCUT2D eigenvalue weighted by Crippen LogP contribution is 2.24. The van der Waals surface area contributed by atoms with Gasteiger partial charge >= 0.3 is 0 Å². The van der Waals surface area contributed by atoms with E-state index in [4.69, 9.17) is 15.2 Å². The zero-order chi connectivity index (χ0) is 16.8. The molecule has 0 spiro atoms. The van der Waals surface area contributed by atoms with E-state index in [1.54, 1.807) is 25.7 Å². The van der Waals surface area contributed by atoms with Crippen LogP contribution in [0.2, 0.25) is 0 Å². The van der Waals surface area contributed by atoms with Gasteiger partial charge in [0.15, 0.2) is 5.82 Å². The van der Waals surface area contributed by atoms with Gasteiger partial charge in [0, 0.05) is 25.1 Å². The first kappa shape index (κ1) is 15.9. The van der Waals surface area contributed by atoms with E-state index in [9.17, 15) is 0 Å². The van der Waals surface area contributed by atoms with Crippen LogP contribution in [0.15, 0.2) is 55.0 Å². The molecule has 2 aromatic heterocycles. The standard InChI is InChI=1S/C18H18N4O2/c1-23-11-14-3-2-4-15(9-14)16-10-21-17(19)18(22-16)24-12-13-5-7-20-8-6-13/h2-10H,11-12H2,1H3,(H2,19,21). The number of nitrogens with zero attached hydrogens (tertiary/aromatic N) is 3. The predicted molar refractivity (Wildman–Crippen MR) is 91.2 cm³/mol. The van der Waals surface area contributed by atoms with Crippen molar-refractivity contribution in [2.24, 2.45) is 0 Å². The highest BCUT2D eigenvalue weighted by molar-refractivity contribution is 5.61. The summed E-state index contributed by atoms with van der Waals surface area (Å²) >= 11 is 0. The number of methoxy groups -OCH3 is 1. The molecule has 3 rings (SSSR count). The highest BCUT2D eigenvalue weighted by Gasteiger charge is 2.09. The molecule has 0 saturated heterocycles. The van der Waals surface area contributed by atoms with Gasteiger partial charge in [0.05, 0.1) is 18.5 Å². The molecular formula is C18H18N4O2. The van der Waals surface area contributed by atoms with Crippen LogP contribution in [0.3, 0.4) is 0 Å². The van der Waals surface area contributed by atoms with Crippen molar-refractivity contribution in [3.63, 3.8) is 0 Å². The third kappa shape index (κ3) is 3.85. The summed E-state index contributed by atoms with van der Waals surface area (Å²) in [7, 11) is 1.67. The van der Waals surface area contributed by atoms with E-state index in [1.165, 1.54) is 0 Å². The summed E-state index contributed by atoms with van der Waals surface area (Å²) in [5.41, 5.74) is 9.56. The Bertz CT molecular complexity index is 809. The first-order valence-corrected chi connectivity index (χ1v) is 7.48. The number of hydrogen-bond donors (Lipinski definition) is 1. The minimum atomic E-state index is 0.265. The highest BCUT2D eigenvalue weighted by atomic mass is 16.5. The average Bonchev–Trinajstić information content (AvgIpc) is 2.62. The lowest BCUT2D eigenvalue weighted by Gasteiger charge is -2.10. The van der Waals surface area contributed by atoms with Crippen LogP contribution in [0, 0.1) is 0 Å². The Labute approximate surface area is 140 Å². The number of benzene rings is 1. The van der Waals surface area contributed by atoms with E-state index in [1.807, 2.05) is 36.4 Å². The van der Waals surface area contributed by atoms with Crippen molar-refractivity contribution in [2.75, 3.05) is 12.8 Å². The van der Waals surface area contributed by atoms with Crippen molar-refractivity contribution in [1.29, 1.82) is 0 Å². The van der Waals surface area contributed by atoms with E-state index in [0.29, 0.717) is 24.8 Å². The quantitative estimate of drug-likeness (QED) is 0.751. The molecule has 6 nitrogen and oxygen atoms in total. The van der Waals surface area contributed by atoms with Crippen LogP contribution < -0.4 is 10.5 Å². The molecule has 3 aromatic rings. The molecule has 0 radical (unpaired) electrons. The van der Waals surface area contributed by atoms with Crippen molar-refractivity contribution < 1.29 is 9.47 Å². The van der Waals surface area contributed by atoms with Crippen LogP contribution in [0.5, 0.6) is 5.88 Å². The Balaban J connectivity index is 1.82. The Morgan fingerprint density at radius 2 is 1.88 bits per heavy atom. The molecular weight excluding hydrogens is 304 g/mol. The van der Waals surface area contributed by atoms with Crippen LogP contribution in [-0.2, 0) is 18.0 Å². The Kier molecular flexibility index (Phi) is 4.98. The number of rotatable bonds is 6. The second kappa shape index (κ2) is 7.52. The third-order valence-electron chi connectivity index (χ3n) is 3.43. The summed E-state index contributed by atoms with van der Waals surface area (Å²) < 4.78 is 10.9. The zero-order valence-corrected chi connectivity index (χ0v) is 13.3. The summed E-state index contributed by atoms with van der Waals surface area (Å²) in [5, 5.41) is 0. The molecule has 2 heterocycles. The van der Waals surface area contributed by atoms with Gasteiger partial charge in [-0.3, -0.25) is 4.98 Å². The van der Waals surface area contributed by atoms with Crippen molar-refractivity contribution in [3.05, 3.63) is 66.1 Å². The van der Waals surface area contributed by atoms with Gasteiger partial charge in [-0.15, -0.1) is 0 Å². The summed E-state index contributed by atoms with van der Waals surface area (Å²) in [6.07, 6.45) is 5.07.